The third kappa shape index (κ3) is 3.66. The van der Waals surface area contributed by atoms with Crippen molar-refractivity contribution in [1.82, 2.24) is 9.88 Å². The SMILES string of the molecule is COc1ccccc1-c1ccc2oc([C@H]3CCCN3C(=O)c3cccc(Cl)c3)nc2c1. The molecule has 0 N–H and O–H groups in total. The fraction of sp³-hybridized carbons (Fsp3) is 0.200. The van der Waals surface area contributed by atoms with Crippen molar-refractivity contribution in [3.05, 3.63) is 83.2 Å². The van der Waals surface area contributed by atoms with Gasteiger partial charge >= 0.3 is 0 Å². The number of nitrogens with zero attached hydrogens (tertiary/aromatic N) is 2. The van der Waals surface area contributed by atoms with Crippen LogP contribution in [0.5, 0.6) is 5.75 Å². The van der Waals surface area contributed by atoms with E-state index in [1.54, 1.807) is 31.4 Å². The van der Waals surface area contributed by atoms with Crippen LogP contribution in [0.2, 0.25) is 5.02 Å². The molecule has 1 atom stereocenters. The van der Waals surface area contributed by atoms with Crippen molar-refractivity contribution >= 4 is 28.6 Å². The lowest BCUT2D eigenvalue weighted by Crippen LogP contribution is -2.30. The molecule has 0 aliphatic carbocycles. The molecule has 1 aliphatic heterocycles. The topological polar surface area (TPSA) is 55.6 Å². The molecule has 2 heterocycles. The summed E-state index contributed by atoms with van der Waals surface area (Å²) in [5.74, 6) is 1.32. The Morgan fingerprint density at radius 3 is 2.84 bits per heavy atom. The zero-order chi connectivity index (χ0) is 21.4. The van der Waals surface area contributed by atoms with Gasteiger partial charge < -0.3 is 14.1 Å². The molecule has 5 nitrogen and oxygen atoms in total. The van der Waals surface area contributed by atoms with Crippen LogP contribution in [0.15, 0.2) is 71.1 Å². The molecule has 4 aromatic rings. The zero-order valence-electron chi connectivity index (χ0n) is 17.0. The molecular weight excluding hydrogens is 412 g/mol. The number of benzene rings is 3. The van der Waals surface area contributed by atoms with Gasteiger partial charge in [-0.2, -0.15) is 0 Å². The van der Waals surface area contributed by atoms with E-state index in [9.17, 15) is 4.79 Å². The molecule has 1 amide bonds. The summed E-state index contributed by atoms with van der Waals surface area (Å²) >= 11 is 6.08. The number of fused-ring (bicyclic) bond motifs is 1. The number of halogens is 1. The van der Waals surface area contributed by atoms with Crippen LogP contribution in [-0.4, -0.2) is 29.4 Å². The number of amides is 1. The number of likely N-dealkylation sites (tertiary alicyclic amines) is 1. The number of aromatic nitrogens is 1. The van der Waals surface area contributed by atoms with Gasteiger partial charge in [0.2, 0.25) is 5.89 Å². The zero-order valence-corrected chi connectivity index (χ0v) is 17.8. The number of oxazole rings is 1. The molecule has 5 rings (SSSR count). The van der Waals surface area contributed by atoms with Crippen molar-refractivity contribution in [3.63, 3.8) is 0 Å². The Morgan fingerprint density at radius 1 is 1.13 bits per heavy atom. The van der Waals surface area contributed by atoms with Crippen molar-refractivity contribution in [2.24, 2.45) is 0 Å². The van der Waals surface area contributed by atoms with Crippen LogP contribution < -0.4 is 4.74 Å². The molecule has 1 fully saturated rings. The molecule has 1 saturated heterocycles. The van der Waals surface area contributed by atoms with E-state index in [2.05, 4.69) is 0 Å². The average Bonchev–Trinajstić information content (AvgIpc) is 3.45. The van der Waals surface area contributed by atoms with Gasteiger partial charge in [-0.25, -0.2) is 4.98 Å². The Labute approximate surface area is 185 Å². The van der Waals surface area contributed by atoms with Gasteiger partial charge in [0.15, 0.2) is 5.58 Å². The van der Waals surface area contributed by atoms with Crippen molar-refractivity contribution in [2.75, 3.05) is 13.7 Å². The van der Waals surface area contributed by atoms with E-state index in [-0.39, 0.29) is 11.9 Å². The normalized spacial score (nSPS) is 16.1. The average molecular weight is 433 g/mol. The highest BCUT2D eigenvalue weighted by Gasteiger charge is 2.34. The first-order valence-corrected chi connectivity index (χ1v) is 10.6. The Bertz CT molecular complexity index is 1270. The maximum absolute atomic E-state index is 13.1. The number of methoxy groups -OCH3 is 1. The number of hydrogen-bond acceptors (Lipinski definition) is 4. The second-order valence-corrected chi connectivity index (χ2v) is 8.04. The van der Waals surface area contributed by atoms with E-state index in [1.165, 1.54) is 0 Å². The minimum atomic E-state index is -0.186. The fourth-order valence-electron chi connectivity index (χ4n) is 4.19. The summed E-state index contributed by atoms with van der Waals surface area (Å²) in [5.41, 5.74) is 4.04. The quantitative estimate of drug-likeness (QED) is 0.389. The molecule has 0 unspecified atom stereocenters. The van der Waals surface area contributed by atoms with Gasteiger partial charge in [0.25, 0.3) is 5.91 Å². The second kappa shape index (κ2) is 8.08. The molecule has 156 valence electrons. The van der Waals surface area contributed by atoms with Gasteiger partial charge in [0.1, 0.15) is 17.3 Å². The van der Waals surface area contributed by atoms with Crippen LogP contribution in [0, 0.1) is 0 Å². The molecule has 0 radical (unpaired) electrons. The van der Waals surface area contributed by atoms with Crippen molar-refractivity contribution < 1.29 is 13.9 Å². The van der Waals surface area contributed by atoms with E-state index in [1.807, 2.05) is 47.4 Å². The highest BCUT2D eigenvalue weighted by molar-refractivity contribution is 6.30. The third-order valence-electron chi connectivity index (χ3n) is 5.69. The summed E-state index contributed by atoms with van der Waals surface area (Å²) in [6.45, 7) is 0.668. The number of ether oxygens (including phenoxy) is 1. The predicted molar refractivity (Wildman–Crippen MR) is 120 cm³/mol. The monoisotopic (exact) mass is 432 g/mol. The van der Waals surface area contributed by atoms with E-state index in [0.717, 1.165) is 35.2 Å². The number of carbonyl (C=O) groups excluding carboxylic acids is 1. The van der Waals surface area contributed by atoms with Crippen LogP contribution >= 0.6 is 11.6 Å². The van der Waals surface area contributed by atoms with Crippen LogP contribution in [0.4, 0.5) is 0 Å². The number of rotatable bonds is 4. The summed E-state index contributed by atoms with van der Waals surface area (Å²) in [5, 5.41) is 0.548. The van der Waals surface area contributed by atoms with Crippen LogP contribution in [0.3, 0.4) is 0 Å². The molecule has 31 heavy (non-hydrogen) atoms. The van der Waals surface area contributed by atoms with Crippen LogP contribution in [0.1, 0.15) is 35.1 Å². The van der Waals surface area contributed by atoms with E-state index >= 15 is 0 Å². The molecule has 0 bridgehead atoms. The molecule has 3 aromatic carbocycles. The molecule has 0 saturated carbocycles. The van der Waals surface area contributed by atoms with E-state index < -0.39 is 0 Å². The fourth-order valence-corrected chi connectivity index (χ4v) is 4.38. The van der Waals surface area contributed by atoms with Gasteiger partial charge in [0.05, 0.1) is 7.11 Å². The Morgan fingerprint density at radius 2 is 2.00 bits per heavy atom. The van der Waals surface area contributed by atoms with Crippen LogP contribution in [0.25, 0.3) is 22.2 Å². The minimum absolute atomic E-state index is 0.0537. The lowest BCUT2D eigenvalue weighted by Gasteiger charge is -2.22. The van der Waals surface area contributed by atoms with Gasteiger partial charge in [-0.1, -0.05) is 41.9 Å². The van der Waals surface area contributed by atoms with Gasteiger partial charge in [-0.15, -0.1) is 0 Å². The maximum Gasteiger partial charge on any atom is 0.254 e. The van der Waals surface area contributed by atoms with Crippen molar-refractivity contribution in [1.29, 1.82) is 0 Å². The lowest BCUT2D eigenvalue weighted by atomic mass is 10.0. The first-order chi connectivity index (χ1) is 15.1. The number of hydrogen-bond donors (Lipinski definition) is 0. The highest BCUT2D eigenvalue weighted by Crippen LogP contribution is 2.36. The Balaban J connectivity index is 1.48. The first-order valence-electron chi connectivity index (χ1n) is 10.2. The van der Waals surface area contributed by atoms with Crippen LogP contribution in [-0.2, 0) is 0 Å². The summed E-state index contributed by atoms with van der Waals surface area (Å²) in [6.07, 6.45) is 1.72. The summed E-state index contributed by atoms with van der Waals surface area (Å²) in [7, 11) is 1.66. The lowest BCUT2D eigenvalue weighted by molar-refractivity contribution is 0.0717. The molecule has 1 aromatic heterocycles. The highest BCUT2D eigenvalue weighted by atomic mass is 35.5. The molecule has 0 spiro atoms. The first kappa shape index (κ1) is 19.6. The Hall–Kier alpha value is -3.31. The van der Waals surface area contributed by atoms with Crippen molar-refractivity contribution in [3.8, 4) is 16.9 Å². The van der Waals surface area contributed by atoms with E-state index in [4.69, 9.17) is 25.7 Å². The summed E-state index contributed by atoms with van der Waals surface area (Å²) < 4.78 is 11.6. The second-order valence-electron chi connectivity index (χ2n) is 7.60. The minimum Gasteiger partial charge on any atom is -0.496 e. The van der Waals surface area contributed by atoms with Gasteiger partial charge in [-0.05, 0) is 54.8 Å². The summed E-state index contributed by atoms with van der Waals surface area (Å²) in [4.78, 5) is 19.7. The maximum atomic E-state index is 13.1. The van der Waals surface area contributed by atoms with Gasteiger partial charge in [0, 0.05) is 22.7 Å². The largest absolute Gasteiger partial charge is 0.496 e. The number of para-hydroxylation sites is 1. The number of carbonyl (C=O) groups is 1. The Kier molecular flexibility index (Phi) is 5.12. The third-order valence-corrected chi connectivity index (χ3v) is 5.93. The molecule has 6 heteroatoms. The molecular formula is C25H21ClN2O3. The smallest absolute Gasteiger partial charge is 0.254 e. The van der Waals surface area contributed by atoms with E-state index in [0.29, 0.717) is 28.6 Å². The summed E-state index contributed by atoms with van der Waals surface area (Å²) in [6, 6.07) is 20.7. The molecule has 1 aliphatic rings. The standard InChI is InChI=1S/C25H21ClN2O3/c1-30-22-10-3-2-8-19(22)16-11-12-23-20(15-16)27-24(31-23)21-9-5-13-28(21)25(29)17-6-4-7-18(26)14-17/h2-4,6-8,10-12,14-15,21H,5,9,13H2,1H3/t21-/m1/s1. The van der Waals surface area contributed by atoms with Gasteiger partial charge in [-0.3, -0.25) is 4.79 Å². The predicted octanol–water partition coefficient (Wildman–Crippen LogP) is 6.13. The van der Waals surface area contributed by atoms with Crippen molar-refractivity contribution in [2.45, 2.75) is 18.9 Å².